The third-order valence-electron chi connectivity index (χ3n) is 4.61. The smallest absolute Gasteiger partial charge is 0.356 e. The molecule has 1 aromatic carbocycles. The third kappa shape index (κ3) is 2.07. The Bertz CT molecular complexity index is 1130. The summed E-state index contributed by atoms with van der Waals surface area (Å²) in [4.78, 5) is 41.4. The average Bonchev–Trinajstić information content (AvgIpc) is 3.16. The number of benzene rings is 1. The fourth-order valence-corrected chi connectivity index (χ4v) is 3.35. The first-order chi connectivity index (χ1) is 11.9. The Kier molecular flexibility index (Phi) is 3.05. The molecule has 0 saturated heterocycles. The molecule has 8 nitrogen and oxygen atoms in total. The lowest BCUT2D eigenvalue weighted by Crippen LogP contribution is -2.13. The Morgan fingerprint density at radius 1 is 1.32 bits per heavy atom. The number of fused-ring (bicyclic) bond motifs is 5. The normalized spacial score (nSPS) is 13.5. The molecule has 0 aliphatic heterocycles. The van der Waals surface area contributed by atoms with E-state index in [-0.39, 0.29) is 11.3 Å². The van der Waals surface area contributed by atoms with Gasteiger partial charge < -0.3 is 15.2 Å². The first-order valence-corrected chi connectivity index (χ1v) is 7.61. The largest absolute Gasteiger partial charge is 0.481 e. The van der Waals surface area contributed by atoms with Crippen molar-refractivity contribution in [1.29, 1.82) is 0 Å². The van der Waals surface area contributed by atoms with Gasteiger partial charge in [0.05, 0.1) is 17.3 Å². The van der Waals surface area contributed by atoms with Crippen LogP contribution in [-0.4, -0.2) is 36.5 Å². The fourth-order valence-electron chi connectivity index (χ4n) is 3.35. The third-order valence-corrected chi connectivity index (χ3v) is 4.61. The lowest BCUT2D eigenvalue weighted by Gasteiger charge is -2.11. The number of aromatic carboxylic acids is 1. The highest BCUT2D eigenvalue weighted by molar-refractivity contribution is 5.86. The maximum Gasteiger partial charge on any atom is 0.356 e. The van der Waals surface area contributed by atoms with Gasteiger partial charge in [0.1, 0.15) is 0 Å². The Labute approximate surface area is 140 Å². The van der Waals surface area contributed by atoms with Crippen molar-refractivity contribution in [3.05, 3.63) is 57.3 Å². The van der Waals surface area contributed by atoms with Crippen LogP contribution >= 0.6 is 0 Å². The second kappa shape index (κ2) is 5.04. The summed E-state index contributed by atoms with van der Waals surface area (Å²) in [5, 5.41) is 18.4. The van der Waals surface area contributed by atoms with Crippen molar-refractivity contribution in [1.82, 2.24) is 14.4 Å². The monoisotopic (exact) mass is 339 g/mol. The van der Waals surface area contributed by atoms with E-state index >= 15 is 0 Å². The number of rotatable bonds is 3. The molecule has 1 aliphatic rings. The molecule has 3 N–H and O–H groups in total. The predicted molar refractivity (Wildman–Crippen MR) is 87.1 cm³/mol. The SMILES string of the molecule is CC(C(=O)O)c1cccc2c1Cc1c-2[nH]c(=O)c2nc(C(=O)O)cn12. The van der Waals surface area contributed by atoms with Crippen molar-refractivity contribution < 1.29 is 19.8 Å². The minimum absolute atomic E-state index is 0.0109. The van der Waals surface area contributed by atoms with Crippen LogP contribution in [-0.2, 0) is 11.2 Å². The highest BCUT2D eigenvalue weighted by atomic mass is 16.4. The van der Waals surface area contributed by atoms with E-state index in [1.165, 1.54) is 10.6 Å². The van der Waals surface area contributed by atoms with Crippen LogP contribution in [0.2, 0.25) is 0 Å². The molecular weight excluding hydrogens is 326 g/mol. The van der Waals surface area contributed by atoms with Crippen molar-refractivity contribution >= 4 is 17.6 Å². The second-order valence-electron chi connectivity index (χ2n) is 6.01. The molecule has 2 heterocycles. The Morgan fingerprint density at radius 3 is 2.76 bits per heavy atom. The van der Waals surface area contributed by atoms with Crippen LogP contribution in [0.3, 0.4) is 0 Å². The van der Waals surface area contributed by atoms with Gasteiger partial charge in [-0.15, -0.1) is 0 Å². The summed E-state index contributed by atoms with van der Waals surface area (Å²) < 4.78 is 1.48. The Hall–Kier alpha value is -3.42. The van der Waals surface area contributed by atoms with E-state index in [9.17, 15) is 19.5 Å². The molecular formula is C17H13N3O5. The van der Waals surface area contributed by atoms with Gasteiger partial charge in [-0.25, -0.2) is 9.78 Å². The molecule has 126 valence electrons. The summed E-state index contributed by atoms with van der Waals surface area (Å²) in [6.45, 7) is 1.61. The number of carboxylic acid groups (broad SMARTS) is 2. The molecule has 0 amide bonds. The van der Waals surface area contributed by atoms with Crippen LogP contribution in [0.25, 0.3) is 16.9 Å². The fraction of sp³-hybridized carbons (Fsp3) is 0.176. The van der Waals surface area contributed by atoms with Crippen molar-refractivity contribution in [3.63, 3.8) is 0 Å². The van der Waals surface area contributed by atoms with Gasteiger partial charge in [-0.2, -0.15) is 0 Å². The first-order valence-electron chi connectivity index (χ1n) is 7.61. The zero-order chi connectivity index (χ0) is 17.9. The first kappa shape index (κ1) is 15.1. The molecule has 8 heteroatoms. The number of aromatic amines is 1. The summed E-state index contributed by atoms with van der Waals surface area (Å²) in [6, 6.07) is 5.33. The number of H-pyrrole nitrogens is 1. The highest BCUT2D eigenvalue weighted by Crippen LogP contribution is 2.38. The summed E-state index contributed by atoms with van der Waals surface area (Å²) in [7, 11) is 0. The van der Waals surface area contributed by atoms with Crippen molar-refractivity contribution in [3.8, 4) is 11.3 Å². The van der Waals surface area contributed by atoms with Crippen molar-refractivity contribution in [2.45, 2.75) is 19.3 Å². The standard InChI is InChI=1S/C17H13N3O5/c1-7(16(22)23)8-3-2-4-9-10(8)5-12-13(9)19-15(21)14-18-11(17(24)25)6-20(12)14/h2-4,6-7H,5H2,1H3,(H,19,21)(H,22,23)(H,24,25). The molecule has 1 unspecified atom stereocenters. The van der Waals surface area contributed by atoms with E-state index < -0.39 is 23.4 Å². The average molecular weight is 339 g/mol. The molecule has 0 bridgehead atoms. The van der Waals surface area contributed by atoms with Crippen LogP contribution in [0.5, 0.6) is 0 Å². The van der Waals surface area contributed by atoms with Gasteiger partial charge in [0.15, 0.2) is 5.69 Å². The minimum atomic E-state index is -1.22. The van der Waals surface area contributed by atoms with Crippen molar-refractivity contribution in [2.24, 2.45) is 0 Å². The summed E-state index contributed by atoms with van der Waals surface area (Å²) >= 11 is 0. The number of imidazole rings is 1. The number of nitrogens with zero attached hydrogens (tertiary/aromatic N) is 2. The maximum absolute atomic E-state index is 12.3. The van der Waals surface area contributed by atoms with Gasteiger partial charge in [-0.3, -0.25) is 14.0 Å². The van der Waals surface area contributed by atoms with Gasteiger partial charge in [-0.05, 0) is 18.1 Å². The summed E-state index contributed by atoms with van der Waals surface area (Å²) in [5.74, 6) is -2.84. The Balaban J connectivity index is 1.99. The van der Waals surface area contributed by atoms with E-state index in [1.54, 1.807) is 19.1 Å². The number of nitrogens with one attached hydrogen (secondary N) is 1. The van der Waals surface area contributed by atoms with Gasteiger partial charge in [0, 0.05) is 18.2 Å². The predicted octanol–water partition coefficient (Wildman–Crippen LogP) is 1.48. The quantitative estimate of drug-likeness (QED) is 0.519. The molecule has 1 atom stereocenters. The van der Waals surface area contributed by atoms with Gasteiger partial charge in [-0.1, -0.05) is 18.2 Å². The van der Waals surface area contributed by atoms with E-state index in [1.807, 2.05) is 6.07 Å². The second-order valence-corrected chi connectivity index (χ2v) is 6.01. The van der Waals surface area contributed by atoms with Crippen LogP contribution in [0, 0.1) is 0 Å². The number of hydrogen-bond donors (Lipinski definition) is 3. The number of carbonyl (C=O) groups is 2. The molecule has 0 fully saturated rings. The maximum atomic E-state index is 12.3. The van der Waals surface area contributed by atoms with E-state index in [2.05, 4.69) is 9.97 Å². The van der Waals surface area contributed by atoms with Gasteiger partial charge >= 0.3 is 11.9 Å². The van der Waals surface area contributed by atoms with Crippen molar-refractivity contribution in [2.75, 3.05) is 0 Å². The summed E-state index contributed by atoms with van der Waals surface area (Å²) in [5.41, 5.74) is 2.82. The molecule has 0 saturated carbocycles. The zero-order valence-corrected chi connectivity index (χ0v) is 13.1. The molecule has 1 aliphatic carbocycles. The number of aliphatic carboxylic acids is 1. The number of carboxylic acids is 2. The topological polar surface area (TPSA) is 125 Å². The van der Waals surface area contributed by atoms with Gasteiger partial charge in [0.2, 0.25) is 5.65 Å². The summed E-state index contributed by atoms with van der Waals surface area (Å²) in [6.07, 6.45) is 1.71. The molecule has 0 radical (unpaired) electrons. The molecule has 25 heavy (non-hydrogen) atoms. The lowest BCUT2D eigenvalue weighted by atomic mass is 9.93. The Morgan fingerprint density at radius 2 is 2.08 bits per heavy atom. The molecule has 2 aromatic heterocycles. The molecule has 3 aromatic rings. The van der Waals surface area contributed by atoms with Crippen LogP contribution < -0.4 is 5.56 Å². The van der Waals surface area contributed by atoms with Crippen LogP contribution in [0.1, 0.15) is 40.2 Å². The van der Waals surface area contributed by atoms with E-state index in [0.29, 0.717) is 23.4 Å². The van der Waals surface area contributed by atoms with Crippen LogP contribution in [0.4, 0.5) is 0 Å². The minimum Gasteiger partial charge on any atom is -0.481 e. The number of hydrogen-bond acceptors (Lipinski definition) is 4. The van der Waals surface area contributed by atoms with E-state index in [4.69, 9.17) is 5.11 Å². The van der Waals surface area contributed by atoms with Gasteiger partial charge in [0.25, 0.3) is 5.56 Å². The lowest BCUT2D eigenvalue weighted by molar-refractivity contribution is -0.138. The highest BCUT2D eigenvalue weighted by Gasteiger charge is 2.29. The molecule has 4 rings (SSSR count). The molecule has 0 spiro atoms. The van der Waals surface area contributed by atoms with Crippen LogP contribution in [0.15, 0.2) is 29.2 Å². The number of aromatic nitrogens is 3. The van der Waals surface area contributed by atoms with E-state index in [0.717, 1.165) is 11.1 Å². The zero-order valence-electron chi connectivity index (χ0n) is 13.1.